The van der Waals surface area contributed by atoms with E-state index in [1.54, 1.807) is 11.0 Å². The monoisotopic (exact) mass is 386 g/mol. The summed E-state index contributed by atoms with van der Waals surface area (Å²) in [6.07, 6.45) is 1.42. The summed E-state index contributed by atoms with van der Waals surface area (Å²) in [5.41, 5.74) is 3.26. The second-order valence-electron chi connectivity index (χ2n) is 6.70. The van der Waals surface area contributed by atoms with E-state index in [1.165, 1.54) is 12.1 Å². The molecule has 1 aromatic heterocycles. The number of fused-ring (bicyclic) bond motifs is 1. The number of nitrogens with one attached hydrogen (secondary N) is 1. The molecule has 0 atom stereocenters. The quantitative estimate of drug-likeness (QED) is 0.729. The molecule has 6 heteroatoms. The number of aryl methyl sites for hydroxylation is 2. The van der Waals surface area contributed by atoms with Gasteiger partial charge in [0.05, 0.1) is 18.8 Å². The molecule has 4 rings (SSSR count). The van der Waals surface area contributed by atoms with Crippen LogP contribution in [-0.4, -0.2) is 42.1 Å². The fourth-order valence-corrected chi connectivity index (χ4v) is 3.63. The Kier molecular flexibility index (Phi) is 5.14. The summed E-state index contributed by atoms with van der Waals surface area (Å²) in [6.45, 7) is 2.23. The highest BCUT2D eigenvalue weighted by molar-refractivity contribution is 6.30. The average Bonchev–Trinajstić information content (AvgIpc) is 3.05. The standard InChI is InChI=1S/C21H20ClFN2O2/c22-15-4-1-14(2-5-15)3-8-18-20(21(26)25-9-11-27-12-10-25)17-7-6-16(23)13-19(17)24-18/h1-2,4-7,13,24H,3,8-12H2. The molecule has 0 radical (unpaired) electrons. The zero-order valence-corrected chi connectivity index (χ0v) is 15.6. The number of rotatable bonds is 4. The maximum absolute atomic E-state index is 13.7. The zero-order chi connectivity index (χ0) is 18.8. The topological polar surface area (TPSA) is 45.3 Å². The van der Waals surface area contributed by atoms with Crippen LogP contribution in [0.15, 0.2) is 42.5 Å². The Balaban J connectivity index is 1.67. The molecule has 1 fully saturated rings. The number of nitrogens with zero attached hydrogens (tertiary/aromatic N) is 1. The molecule has 140 valence electrons. The Bertz CT molecular complexity index is 962. The molecule has 0 spiro atoms. The van der Waals surface area contributed by atoms with Crippen LogP contribution in [0, 0.1) is 5.82 Å². The van der Waals surface area contributed by atoms with E-state index in [1.807, 2.05) is 24.3 Å². The lowest BCUT2D eigenvalue weighted by molar-refractivity contribution is 0.0303. The molecule has 0 aliphatic carbocycles. The SMILES string of the molecule is O=C(c1c(CCc2ccc(Cl)cc2)[nH]c2cc(F)ccc12)N1CCOCC1. The van der Waals surface area contributed by atoms with Crippen molar-refractivity contribution < 1.29 is 13.9 Å². The van der Waals surface area contributed by atoms with E-state index in [0.717, 1.165) is 23.1 Å². The third-order valence-corrected chi connectivity index (χ3v) is 5.18. The normalized spacial score (nSPS) is 14.7. The minimum absolute atomic E-state index is 0.0257. The molecular formula is C21H20ClFN2O2. The number of benzene rings is 2. The van der Waals surface area contributed by atoms with E-state index in [4.69, 9.17) is 16.3 Å². The van der Waals surface area contributed by atoms with E-state index in [-0.39, 0.29) is 11.7 Å². The lowest BCUT2D eigenvalue weighted by atomic mass is 10.0. The number of hydrogen-bond donors (Lipinski definition) is 1. The molecular weight excluding hydrogens is 367 g/mol. The maximum atomic E-state index is 13.7. The van der Waals surface area contributed by atoms with Crippen molar-refractivity contribution in [1.29, 1.82) is 0 Å². The number of carbonyl (C=O) groups excluding carboxylic acids is 1. The largest absolute Gasteiger partial charge is 0.378 e. The molecule has 3 aromatic rings. The van der Waals surface area contributed by atoms with E-state index in [2.05, 4.69) is 4.98 Å². The van der Waals surface area contributed by atoms with Crippen LogP contribution in [0.1, 0.15) is 21.6 Å². The summed E-state index contributed by atoms with van der Waals surface area (Å²) < 4.78 is 19.0. The minimum Gasteiger partial charge on any atom is -0.378 e. The van der Waals surface area contributed by atoms with Crippen LogP contribution in [0.2, 0.25) is 5.02 Å². The number of ether oxygens (including phenoxy) is 1. The van der Waals surface area contributed by atoms with Gasteiger partial charge >= 0.3 is 0 Å². The van der Waals surface area contributed by atoms with Gasteiger partial charge < -0.3 is 14.6 Å². The Morgan fingerprint density at radius 1 is 1.11 bits per heavy atom. The molecule has 4 nitrogen and oxygen atoms in total. The Morgan fingerprint density at radius 2 is 1.85 bits per heavy atom. The van der Waals surface area contributed by atoms with Crippen molar-refractivity contribution in [1.82, 2.24) is 9.88 Å². The highest BCUT2D eigenvalue weighted by atomic mass is 35.5. The van der Waals surface area contributed by atoms with Crippen LogP contribution in [-0.2, 0) is 17.6 Å². The summed E-state index contributed by atoms with van der Waals surface area (Å²) in [6, 6.07) is 12.2. The van der Waals surface area contributed by atoms with E-state index >= 15 is 0 Å². The first kappa shape index (κ1) is 18.0. The summed E-state index contributed by atoms with van der Waals surface area (Å²) in [7, 11) is 0. The highest BCUT2D eigenvalue weighted by Crippen LogP contribution is 2.26. The fourth-order valence-electron chi connectivity index (χ4n) is 3.50. The van der Waals surface area contributed by atoms with Crippen molar-refractivity contribution in [2.45, 2.75) is 12.8 Å². The lowest BCUT2D eigenvalue weighted by Crippen LogP contribution is -2.41. The minimum atomic E-state index is -0.321. The molecule has 0 saturated carbocycles. The van der Waals surface area contributed by atoms with Crippen LogP contribution in [0.5, 0.6) is 0 Å². The van der Waals surface area contributed by atoms with Crippen molar-refractivity contribution in [2.24, 2.45) is 0 Å². The smallest absolute Gasteiger partial charge is 0.256 e. The number of aromatic amines is 1. The first-order chi connectivity index (χ1) is 13.1. The Morgan fingerprint density at radius 3 is 2.59 bits per heavy atom. The number of amides is 1. The zero-order valence-electron chi connectivity index (χ0n) is 14.8. The Hall–Kier alpha value is -2.37. The van der Waals surface area contributed by atoms with Gasteiger partial charge in [-0.1, -0.05) is 23.7 Å². The van der Waals surface area contributed by atoms with Gasteiger partial charge in [-0.2, -0.15) is 0 Å². The van der Waals surface area contributed by atoms with Crippen LogP contribution >= 0.6 is 11.6 Å². The molecule has 0 bridgehead atoms. The predicted molar refractivity (Wildman–Crippen MR) is 104 cm³/mol. The summed E-state index contributed by atoms with van der Waals surface area (Å²) in [5.74, 6) is -0.347. The van der Waals surface area contributed by atoms with E-state index in [0.29, 0.717) is 48.8 Å². The second kappa shape index (κ2) is 7.71. The molecule has 1 amide bonds. The van der Waals surface area contributed by atoms with Gasteiger partial charge in [0.1, 0.15) is 5.82 Å². The summed E-state index contributed by atoms with van der Waals surface area (Å²) in [5, 5.41) is 1.46. The average molecular weight is 387 g/mol. The Labute approximate surface area is 161 Å². The van der Waals surface area contributed by atoms with Crippen molar-refractivity contribution in [2.75, 3.05) is 26.3 Å². The molecule has 1 saturated heterocycles. The van der Waals surface area contributed by atoms with Gasteiger partial charge in [-0.3, -0.25) is 4.79 Å². The van der Waals surface area contributed by atoms with Gasteiger partial charge in [0, 0.05) is 34.7 Å². The number of hydrogen-bond acceptors (Lipinski definition) is 2. The van der Waals surface area contributed by atoms with E-state index in [9.17, 15) is 9.18 Å². The maximum Gasteiger partial charge on any atom is 0.256 e. The number of aromatic nitrogens is 1. The van der Waals surface area contributed by atoms with Gasteiger partial charge in [-0.25, -0.2) is 4.39 Å². The van der Waals surface area contributed by atoms with Gasteiger partial charge in [0.25, 0.3) is 5.91 Å². The third kappa shape index (κ3) is 3.84. The van der Waals surface area contributed by atoms with E-state index < -0.39 is 0 Å². The first-order valence-electron chi connectivity index (χ1n) is 9.03. The predicted octanol–water partition coefficient (Wildman–Crippen LogP) is 4.22. The fraction of sp³-hybridized carbons (Fsp3) is 0.286. The molecule has 1 aliphatic heterocycles. The second-order valence-corrected chi connectivity index (χ2v) is 7.14. The summed E-state index contributed by atoms with van der Waals surface area (Å²) in [4.78, 5) is 18.2. The summed E-state index contributed by atoms with van der Waals surface area (Å²) >= 11 is 5.95. The lowest BCUT2D eigenvalue weighted by Gasteiger charge is -2.27. The van der Waals surface area contributed by atoms with Gasteiger partial charge in [-0.05, 0) is 48.7 Å². The third-order valence-electron chi connectivity index (χ3n) is 4.93. The number of H-pyrrole nitrogens is 1. The van der Waals surface area contributed by atoms with Gasteiger partial charge in [-0.15, -0.1) is 0 Å². The van der Waals surface area contributed by atoms with Crippen molar-refractivity contribution >= 4 is 28.4 Å². The highest BCUT2D eigenvalue weighted by Gasteiger charge is 2.25. The number of carbonyl (C=O) groups is 1. The van der Waals surface area contributed by atoms with Crippen molar-refractivity contribution in [3.05, 3.63) is 70.1 Å². The molecule has 27 heavy (non-hydrogen) atoms. The molecule has 1 aliphatic rings. The number of morpholine rings is 1. The first-order valence-corrected chi connectivity index (χ1v) is 9.41. The molecule has 2 heterocycles. The molecule has 2 aromatic carbocycles. The van der Waals surface area contributed by atoms with Gasteiger partial charge in [0.2, 0.25) is 0 Å². The van der Waals surface area contributed by atoms with Crippen LogP contribution in [0.4, 0.5) is 4.39 Å². The molecule has 1 N–H and O–H groups in total. The van der Waals surface area contributed by atoms with Crippen molar-refractivity contribution in [3.8, 4) is 0 Å². The van der Waals surface area contributed by atoms with Crippen molar-refractivity contribution in [3.63, 3.8) is 0 Å². The van der Waals surface area contributed by atoms with Crippen LogP contribution < -0.4 is 0 Å². The molecule has 0 unspecified atom stereocenters. The van der Waals surface area contributed by atoms with Crippen LogP contribution in [0.3, 0.4) is 0 Å². The number of halogens is 2. The van der Waals surface area contributed by atoms with Gasteiger partial charge in [0.15, 0.2) is 0 Å². The van der Waals surface area contributed by atoms with Crippen LogP contribution in [0.25, 0.3) is 10.9 Å².